The number of alkyl carbamates (subject to hydrolysis) is 2. The van der Waals surface area contributed by atoms with Crippen LogP contribution in [0.25, 0.3) is 55.4 Å². The Morgan fingerprint density at radius 3 is 1.57 bits per heavy atom. The zero-order chi connectivity index (χ0) is 46.2. The van der Waals surface area contributed by atoms with Gasteiger partial charge in [-0.2, -0.15) is 0 Å². The molecule has 6 aromatic rings. The normalized spacial score (nSPS) is 25.5. The van der Waals surface area contributed by atoms with Gasteiger partial charge < -0.3 is 49.3 Å². The predicted molar refractivity (Wildman–Crippen MR) is 250 cm³/mol. The zero-order valence-electron chi connectivity index (χ0n) is 38.1. The minimum absolute atomic E-state index is 0.0298. The van der Waals surface area contributed by atoms with Gasteiger partial charge in [-0.05, 0) is 129 Å². The van der Waals surface area contributed by atoms with Crippen LogP contribution in [0.3, 0.4) is 0 Å². The highest BCUT2D eigenvalue weighted by Crippen LogP contribution is 2.55. The maximum atomic E-state index is 14.3. The molecular weight excluding hydrogens is 867 g/mol. The molecule has 0 radical (unpaired) electrons. The first-order chi connectivity index (χ1) is 33.2. The van der Waals surface area contributed by atoms with Crippen molar-refractivity contribution in [1.82, 2.24) is 45.4 Å². The molecule has 17 heteroatoms. The summed E-state index contributed by atoms with van der Waals surface area (Å²) in [5, 5.41) is 6.74. The van der Waals surface area contributed by atoms with Crippen LogP contribution in [-0.2, 0) is 28.5 Å². The second kappa shape index (κ2) is 17.2. The average Bonchev–Trinajstić information content (AvgIpc) is 4.04. The summed E-state index contributed by atoms with van der Waals surface area (Å²) in [5.41, 5.74) is 8.12. The van der Waals surface area contributed by atoms with E-state index in [1.54, 1.807) is 0 Å². The third-order valence-electron chi connectivity index (χ3n) is 15.6. The largest absolute Gasteiger partial charge is 0.453 e. The summed E-state index contributed by atoms with van der Waals surface area (Å²) in [5.74, 6) is 2.14. The number of hydrogen-bond donors (Lipinski definition) is 4. The molecule has 0 unspecified atom stereocenters. The van der Waals surface area contributed by atoms with Crippen LogP contribution in [0.1, 0.15) is 75.1 Å². The minimum Gasteiger partial charge on any atom is -0.453 e. The summed E-state index contributed by atoms with van der Waals surface area (Å²) in [6.07, 6.45) is 5.16. The van der Waals surface area contributed by atoms with E-state index in [4.69, 9.17) is 33.9 Å². The molecule has 8 atom stereocenters. The number of pyridine rings is 1. The Morgan fingerprint density at radius 2 is 1.06 bits per heavy atom. The molecule has 4 N–H and O–H groups in total. The number of piperidine rings is 2. The molecule has 4 saturated heterocycles. The molecule has 7 heterocycles. The molecule has 3 aromatic carbocycles. The molecule has 3 aromatic heterocycles. The van der Waals surface area contributed by atoms with Crippen molar-refractivity contribution in [3.63, 3.8) is 0 Å². The highest BCUT2D eigenvalue weighted by molar-refractivity contribution is 5.91. The van der Waals surface area contributed by atoms with Gasteiger partial charge in [0.2, 0.25) is 11.8 Å². The van der Waals surface area contributed by atoms with Crippen molar-refractivity contribution in [2.45, 2.75) is 87.6 Å². The first-order valence-electron chi connectivity index (χ1n) is 24.1. The number of imidazole rings is 2. The molecule has 68 heavy (non-hydrogen) atoms. The van der Waals surface area contributed by atoms with Crippen molar-refractivity contribution in [3.05, 3.63) is 78.4 Å². The SMILES string of the molecule is COC(=O)N[C@H](C(=O)N1[C@@H]2C[C@@H]2C[C@H]1c1nc2ccc(-c3ccc4nc(-c5ccc6nc([C@@H]7C[C@H]8C[C@H]8N7C(=O)[C@@H](NC(=O)OC)C7CCOCC7)[nH]c6c5)ccc4c3)cc2[nH]1)C1CCOCC1. The molecule has 6 fully saturated rings. The summed E-state index contributed by atoms with van der Waals surface area (Å²) < 4.78 is 21.0. The van der Waals surface area contributed by atoms with Crippen LogP contribution in [-0.4, -0.2) is 124 Å². The van der Waals surface area contributed by atoms with Crippen molar-refractivity contribution < 1.29 is 38.1 Å². The number of aromatic amines is 2. The third-order valence-corrected chi connectivity index (χ3v) is 15.6. The number of carbonyl (C=O) groups excluding carboxylic acids is 4. The number of methoxy groups -OCH3 is 2. The second-order valence-corrected chi connectivity index (χ2v) is 19.6. The summed E-state index contributed by atoms with van der Waals surface area (Å²) in [6.45, 7) is 2.24. The number of nitrogens with one attached hydrogen (secondary N) is 4. The number of H-pyrrole nitrogens is 2. The maximum absolute atomic E-state index is 14.3. The van der Waals surface area contributed by atoms with Crippen LogP contribution in [0.5, 0.6) is 0 Å². The first kappa shape index (κ1) is 42.7. The number of rotatable bonds is 10. The summed E-state index contributed by atoms with van der Waals surface area (Å²) in [4.78, 5) is 79.7. The van der Waals surface area contributed by atoms with Crippen molar-refractivity contribution in [1.29, 1.82) is 0 Å². The Balaban J connectivity index is 0.764. The van der Waals surface area contributed by atoms with Gasteiger partial charge in [-0.15, -0.1) is 0 Å². The van der Waals surface area contributed by atoms with Crippen molar-refractivity contribution in [2.75, 3.05) is 40.6 Å². The molecule has 352 valence electrons. The van der Waals surface area contributed by atoms with Crippen LogP contribution < -0.4 is 10.6 Å². The van der Waals surface area contributed by atoms with Crippen LogP contribution in [0.15, 0.2) is 66.7 Å². The number of fused-ring (bicyclic) bond motifs is 5. The fourth-order valence-electron chi connectivity index (χ4n) is 11.8. The van der Waals surface area contributed by atoms with Gasteiger partial charge in [0, 0.05) is 49.5 Å². The van der Waals surface area contributed by atoms with Crippen molar-refractivity contribution in [3.8, 4) is 22.4 Å². The topological polar surface area (TPSA) is 206 Å². The highest BCUT2D eigenvalue weighted by Gasteiger charge is 2.58. The average molecular weight is 922 g/mol. The first-order valence-corrected chi connectivity index (χ1v) is 24.1. The fraction of sp³-hybridized carbons (Fsp3) is 0.471. The molecule has 6 aliphatic rings. The van der Waals surface area contributed by atoms with E-state index in [9.17, 15) is 19.2 Å². The number of amides is 4. The second-order valence-electron chi connectivity index (χ2n) is 19.6. The third kappa shape index (κ3) is 7.78. The lowest BCUT2D eigenvalue weighted by Crippen LogP contribution is -2.54. The standard InChI is InChI=1S/C51H55N9O8/c1-65-50(63)57-44(26-11-15-67-16-12-26)48(61)59-40-22-32(40)24-42(59)46-53-36-9-4-29(20-38(36)55-46)28-3-7-34-30(19-28)5-8-35(52-34)31-6-10-37-39(21-31)56-47(54-37)43-25-33-23-41(33)60(43)49(62)45(58-51(64)66-2)27-13-17-68-18-14-27/h3-10,19-21,26-27,32-33,40-45H,11-18,22-25H2,1-2H3,(H,53,55)(H,54,56)(H,57,63)(H,58,64)/t32-,33-,40-,41-,42+,43+,44+,45+/m1/s1. The van der Waals surface area contributed by atoms with E-state index >= 15 is 0 Å². The van der Waals surface area contributed by atoms with E-state index in [-0.39, 0.29) is 47.8 Å². The summed E-state index contributed by atoms with van der Waals surface area (Å²) >= 11 is 0. The van der Waals surface area contributed by atoms with Gasteiger partial charge >= 0.3 is 12.2 Å². The van der Waals surface area contributed by atoms with E-state index in [0.29, 0.717) is 63.9 Å². The lowest BCUT2D eigenvalue weighted by Gasteiger charge is -2.35. The molecule has 12 rings (SSSR count). The fourth-order valence-corrected chi connectivity index (χ4v) is 11.8. The summed E-state index contributed by atoms with van der Waals surface area (Å²) in [6, 6.07) is 21.2. The van der Waals surface area contributed by atoms with E-state index in [0.717, 1.165) is 92.7 Å². The van der Waals surface area contributed by atoms with Crippen LogP contribution >= 0.6 is 0 Å². The molecule has 4 aliphatic heterocycles. The molecule has 0 spiro atoms. The molecule has 17 nitrogen and oxygen atoms in total. The number of ether oxygens (including phenoxy) is 4. The molecule has 0 bridgehead atoms. The van der Waals surface area contributed by atoms with Crippen molar-refractivity contribution in [2.24, 2.45) is 23.7 Å². The predicted octanol–water partition coefficient (Wildman–Crippen LogP) is 6.95. The molecular formula is C51H55N9O8. The van der Waals surface area contributed by atoms with Gasteiger partial charge in [-0.1, -0.05) is 24.3 Å². The van der Waals surface area contributed by atoms with Gasteiger partial charge in [-0.25, -0.2) is 24.5 Å². The van der Waals surface area contributed by atoms with Crippen molar-refractivity contribution >= 4 is 57.0 Å². The van der Waals surface area contributed by atoms with E-state index in [2.05, 4.69) is 63.1 Å². The molecule has 2 aliphatic carbocycles. The molecule has 4 amide bonds. The van der Waals surface area contributed by atoms with E-state index in [1.165, 1.54) is 14.2 Å². The Hall–Kier alpha value is -6.59. The number of hydrogen-bond acceptors (Lipinski definition) is 11. The monoisotopic (exact) mass is 921 g/mol. The Morgan fingerprint density at radius 1 is 0.588 bits per heavy atom. The van der Waals surface area contributed by atoms with Gasteiger partial charge in [0.15, 0.2) is 0 Å². The highest BCUT2D eigenvalue weighted by atomic mass is 16.5. The number of nitrogens with zero attached hydrogens (tertiary/aromatic N) is 5. The van der Waals surface area contributed by atoms with Crippen LogP contribution in [0.4, 0.5) is 9.59 Å². The van der Waals surface area contributed by atoms with Gasteiger partial charge in [-0.3, -0.25) is 9.59 Å². The Kier molecular flexibility index (Phi) is 10.8. The minimum atomic E-state index is -0.687. The quantitative estimate of drug-likeness (QED) is 0.111. The van der Waals surface area contributed by atoms with Gasteiger partial charge in [0.25, 0.3) is 0 Å². The number of aromatic nitrogens is 5. The number of benzene rings is 3. The Labute approximate surface area is 392 Å². The number of likely N-dealkylation sites (tertiary alicyclic amines) is 2. The van der Waals surface area contributed by atoms with Gasteiger partial charge in [0.1, 0.15) is 23.7 Å². The van der Waals surface area contributed by atoms with Crippen LogP contribution in [0.2, 0.25) is 0 Å². The zero-order valence-corrected chi connectivity index (χ0v) is 38.1. The van der Waals surface area contributed by atoms with E-state index < -0.39 is 24.3 Å². The van der Waals surface area contributed by atoms with Gasteiger partial charge in [0.05, 0.1) is 59.6 Å². The smallest absolute Gasteiger partial charge is 0.407 e. The lowest BCUT2D eigenvalue weighted by atomic mass is 9.90. The number of carbonyl (C=O) groups is 4. The maximum Gasteiger partial charge on any atom is 0.407 e. The summed E-state index contributed by atoms with van der Waals surface area (Å²) in [7, 11) is 2.64. The molecule has 2 saturated carbocycles. The van der Waals surface area contributed by atoms with Crippen LogP contribution in [0, 0.1) is 23.7 Å². The van der Waals surface area contributed by atoms with E-state index in [1.807, 2.05) is 34.1 Å². The Bertz CT molecular complexity index is 2760. The lowest BCUT2D eigenvalue weighted by molar-refractivity contribution is -0.138.